The number of anilines is 1. The fourth-order valence-electron chi connectivity index (χ4n) is 4.52. The van der Waals surface area contributed by atoms with Crippen molar-refractivity contribution in [3.05, 3.63) is 100 Å². The van der Waals surface area contributed by atoms with Gasteiger partial charge in [0.2, 0.25) is 11.8 Å². The van der Waals surface area contributed by atoms with Crippen molar-refractivity contribution < 1.29 is 33.4 Å². The number of amides is 1. The Kier molecular flexibility index (Phi) is 7.75. The van der Waals surface area contributed by atoms with E-state index in [0.717, 1.165) is 0 Å². The number of nitrogens with one attached hydrogen (secondary N) is 1. The molecule has 1 N–H and O–H groups in total. The monoisotopic (exact) mass is 529 g/mol. The molecule has 10 nitrogen and oxygen atoms in total. The Labute approximate surface area is 225 Å². The number of esters is 3. The van der Waals surface area contributed by atoms with Crippen LogP contribution in [0.25, 0.3) is 0 Å². The number of hydrogen-bond acceptors (Lipinski definition) is 9. The van der Waals surface area contributed by atoms with Crippen LogP contribution in [0.5, 0.6) is 0 Å². The number of rotatable bonds is 6. The number of nitrogens with zero attached hydrogens (tertiary/aromatic N) is 2. The zero-order chi connectivity index (χ0) is 28.3. The van der Waals surface area contributed by atoms with Crippen LogP contribution in [0.3, 0.4) is 0 Å². The smallest absolute Gasteiger partial charge is 0.365 e. The van der Waals surface area contributed by atoms with Crippen molar-refractivity contribution in [2.45, 2.75) is 26.7 Å². The second-order valence-electron chi connectivity index (χ2n) is 8.79. The number of aliphatic imine (C=N–C) groups is 1. The molecule has 0 saturated heterocycles. The molecule has 39 heavy (non-hydrogen) atoms. The van der Waals surface area contributed by atoms with Gasteiger partial charge >= 0.3 is 17.9 Å². The quantitative estimate of drug-likeness (QED) is 0.343. The van der Waals surface area contributed by atoms with Crippen LogP contribution in [0.15, 0.2) is 94.0 Å². The molecule has 2 aromatic carbocycles. The summed E-state index contributed by atoms with van der Waals surface area (Å²) in [7, 11) is 2.52. The molecule has 2 aromatic rings. The second-order valence-corrected chi connectivity index (χ2v) is 8.79. The fourth-order valence-corrected chi connectivity index (χ4v) is 4.52. The van der Waals surface area contributed by atoms with Gasteiger partial charge in [-0.25, -0.2) is 19.4 Å². The summed E-state index contributed by atoms with van der Waals surface area (Å²) in [6, 6.07) is 15.6. The predicted octanol–water partition coefficient (Wildman–Crippen LogP) is 3.47. The average Bonchev–Trinajstić information content (AvgIpc) is 3.30. The number of benzene rings is 2. The number of cyclic esters (lactones) is 1. The molecule has 0 unspecified atom stereocenters. The van der Waals surface area contributed by atoms with Gasteiger partial charge < -0.3 is 19.5 Å². The van der Waals surface area contributed by atoms with Gasteiger partial charge in [-0.15, -0.1) is 0 Å². The molecule has 0 spiro atoms. The molecule has 2 aliphatic rings. The minimum absolute atomic E-state index is 0.0618. The molecule has 0 atom stereocenters. The van der Waals surface area contributed by atoms with Gasteiger partial charge in [-0.3, -0.25) is 9.69 Å². The van der Waals surface area contributed by atoms with Crippen molar-refractivity contribution >= 4 is 35.4 Å². The molecule has 0 aromatic heterocycles. The van der Waals surface area contributed by atoms with E-state index in [-0.39, 0.29) is 22.7 Å². The highest BCUT2D eigenvalue weighted by atomic mass is 16.6. The van der Waals surface area contributed by atoms with E-state index in [1.807, 2.05) is 6.07 Å². The number of allylic oxidation sites excluding steroid dienone is 2. The number of ether oxygens (including phenoxy) is 3. The Morgan fingerprint density at radius 1 is 0.949 bits per heavy atom. The van der Waals surface area contributed by atoms with Gasteiger partial charge in [0.15, 0.2) is 5.70 Å². The van der Waals surface area contributed by atoms with Crippen molar-refractivity contribution in [2.75, 3.05) is 19.1 Å². The van der Waals surface area contributed by atoms with Gasteiger partial charge in [-0.1, -0.05) is 30.3 Å². The molecule has 4 rings (SSSR count). The summed E-state index contributed by atoms with van der Waals surface area (Å²) in [4.78, 5) is 56.5. The Balaban J connectivity index is 1.80. The highest BCUT2D eigenvalue weighted by Gasteiger charge is 2.38. The highest BCUT2D eigenvalue weighted by Crippen LogP contribution is 2.40. The minimum atomic E-state index is -0.841. The van der Waals surface area contributed by atoms with Crippen molar-refractivity contribution in [3.8, 4) is 0 Å². The molecule has 0 radical (unpaired) electrons. The number of carbonyl (C=O) groups excluding carboxylic acids is 4. The van der Waals surface area contributed by atoms with E-state index in [2.05, 4.69) is 10.3 Å². The first kappa shape index (κ1) is 27.1. The van der Waals surface area contributed by atoms with Crippen molar-refractivity contribution in [1.29, 1.82) is 0 Å². The van der Waals surface area contributed by atoms with Crippen molar-refractivity contribution in [2.24, 2.45) is 4.99 Å². The maximum Gasteiger partial charge on any atom is 0.365 e. The summed E-state index contributed by atoms with van der Waals surface area (Å²) >= 11 is 0. The first-order valence-corrected chi connectivity index (χ1v) is 12.0. The first-order valence-electron chi connectivity index (χ1n) is 12.0. The molecular weight excluding hydrogens is 502 g/mol. The van der Waals surface area contributed by atoms with Crippen molar-refractivity contribution in [1.82, 2.24) is 5.32 Å². The first-order chi connectivity index (χ1) is 18.7. The second kappa shape index (κ2) is 11.2. The normalized spacial score (nSPS) is 16.5. The van der Waals surface area contributed by atoms with Gasteiger partial charge in [0.25, 0.3) is 0 Å². The Bertz CT molecular complexity index is 1450. The Hall–Kier alpha value is -4.99. The average molecular weight is 530 g/mol. The number of dihydropyridines is 1. The predicted molar refractivity (Wildman–Crippen MR) is 142 cm³/mol. The summed E-state index contributed by atoms with van der Waals surface area (Å²) in [5.74, 6) is -3.05. The molecule has 0 aliphatic carbocycles. The molecule has 2 aliphatic heterocycles. The van der Waals surface area contributed by atoms with Gasteiger partial charge in [-0.05, 0) is 43.7 Å². The number of hydrogen-bond donors (Lipinski definition) is 1. The van der Waals surface area contributed by atoms with Gasteiger partial charge in [0, 0.05) is 35.8 Å². The fraction of sp³-hybridized carbons (Fsp3) is 0.207. The van der Waals surface area contributed by atoms with E-state index in [1.54, 1.807) is 62.4 Å². The lowest BCUT2D eigenvalue weighted by Crippen LogP contribution is -2.32. The topological polar surface area (TPSA) is 124 Å². The maximum absolute atomic E-state index is 12.8. The van der Waals surface area contributed by atoms with Crippen LogP contribution in [-0.4, -0.2) is 43.9 Å². The van der Waals surface area contributed by atoms with E-state index < -0.39 is 29.7 Å². The zero-order valence-electron chi connectivity index (χ0n) is 22.1. The largest absolute Gasteiger partial charge is 0.466 e. The Morgan fingerprint density at radius 2 is 1.56 bits per heavy atom. The highest BCUT2D eigenvalue weighted by molar-refractivity contribution is 6.11. The third kappa shape index (κ3) is 5.35. The van der Waals surface area contributed by atoms with Crippen LogP contribution in [0.4, 0.5) is 5.69 Å². The number of carbonyl (C=O) groups is 4. The third-order valence-corrected chi connectivity index (χ3v) is 6.28. The molecule has 200 valence electrons. The molecule has 0 saturated carbocycles. The minimum Gasteiger partial charge on any atom is -0.466 e. The molecule has 1 amide bonds. The Morgan fingerprint density at radius 3 is 2.13 bits per heavy atom. The lowest BCUT2D eigenvalue weighted by molar-refractivity contribution is -0.137. The summed E-state index contributed by atoms with van der Waals surface area (Å²) in [5.41, 5.74) is 2.95. The molecule has 10 heteroatoms. The van der Waals surface area contributed by atoms with Crippen LogP contribution in [0.1, 0.15) is 37.8 Å². The van der Waals surface area contributed by atoms with Gasteiger partial charge in [0.05, 0.1) is 31.3 Å². The van der Waals surface area contributed by atoms with Crippen LogP contribution in [0.2, 0.25) is 0 Å². The standard InChI is InChI=1S/C29H27N3O7/c1-16-23(28(35)37-4)25(24(17(2)30-16)29(36)38-5)20-12-9-13-21(14-20)32(18(3)33)15-22-27(34)39-26(31-22)19-10-7-6-8-11-19/h6-15,25,30H,1-5H3/b22-15+. The molecule has 0 bridgehead atoms. The molecule has 2 heterocycles. The van der Waals surface area contributed by atoms with Crippen LogP contribution >= 0.6 is 0 Å². The van der Waals surface area contributed by atoms with Gasteiger partial charge in [-0.2, -0.15) is 0 Å². The van der Waals surface area contributed by atoms with E-state index in [4.69, 9.17) is 14.2 Å². The molecule has 0 fully saturated rings. The lowest BCUT2D eigenvalue weighted by Gasteiger charge is -2.30. The van der Waals surface area contributed by atoms with Crippen LogP contribution in [0, 0.1) is 0 Å². The maximum atomic E-state index is 12.8. The summed E-state index contributed by atoms with van der Waals surface area (Å²) in [5, 5.41) is 3.05. The van der Waals surface area contributed by atoms with E-state index in [9.17, 15) is 19.2 Å². The zero-order valence-corrected chi connectivity index (χ0v) is 22.1. The third-order valence-electron chi connectivity index (χ3n) is 6.28. The van der Waals surface area contributed by atoms with E-state index in [0.29, 0.717) is 28.2 Å². The number of methoxy groups -OCH3 is 2. The summed E-state index contributed by atoms with van der Waals surface area (Å²) in [6.07, 6.45) is 1.30. The van der Waals surface area contributed by atoms with E-state index in [1.165, 1.54) is 32.2 Å². The van der Waals surface area contributed by atoms with Gasteiger partial charge in [0.1, 0.15) is 0 Å². The van der Waals surface area contributed by atoms with Crippen molar-refractivity contribution in [3.63, 3.8) is 0 Å². The van der Waals surface area contributed by atoms with Crippen LogP contribution < -0.4 is 10.2 Å². The lowest BCUT2D eigenvalue weighted by atomic mass is 9.80. The summed E-state index contributed by atoms with van der Waals surface area (Å²) < 4.78 is 15.3. The SMILES string of the molecule is COC(=O)C1=C(C)NC(C)=C(C(=O)OC)C1c1cccc(N(/C=C2/N=C(c3ccccc3)OC2=O)C(C)=O)c1. The van der Waals surface area contributed by atoms with E-state index >= 15 is 0 Å². The molecular formula is C29H27N3O7. The summed E-state index contributed by atoms with van der Waals surface area (Å²) in [6.45, 7) is 4.76. The van der Waals surface area contributed by atoms with Crippen LogP contribution in [-0.2, 0) is 33.4 Å².